The van der Waals surface area contributed by atoms with E-state index in [1.54, 1.807) is 7.11 Å². The SMILES string of the molecule is Br.COc1ccc(C(=O)CC2CCN(CC3CC3)CC2)cc1. The van der Waals surface area contributed by atoms with Gasteiger partial charge in [0, 0.05) is 18.5 Å². The molecule has 0 aromatic heterocycles. The molecular formula is C18H26BrNO2. The molecule has 1 aromatic carbocycles. The van der Waals surface area contributed by atoms with Crippen LogP contribution in [0.2, 0.25) is 0 Å². The van der Waals surface area contributed by atoms with Crippen LogP contribution in [0, 0.1) is 11.8 Å². The summed E-state index contributed by atoms with van der Waals surface area (Å²) in [6.45, 7) is 3.65. The zero-order valence-electron chi connectivity index (χ0n) is 13.3. The van der Waals surface area contributed by atoms with Gasteiger partial charge in [0.25, 0.3) is 0 Å². The molecule has 3 rings (SSSR count). The molecule has 0 amide bonds. The molecule has 3 nitrogen and oxygen atoms in total. The molecule has 0 bridgehead atoms. The molecule has 1 heterocycles. The molecular weight excluding hydrogens is 342 g/mol. The maximum Gasteiger partial charge on any atom is 0.163 e. The lowest BCUT2D eigenvalue weighted by atomic mass is 9.90. The maximum absolute atomic E-state index is 12.3. The number of carbonyl (C=O) groups is 1. The third kappa shape index (κ3) is 4.82. The second kappa shape index (κ2) is 8.11. The molecule has 1 saturated carbocycles. The molecule has 2 aliphatic rings. The predicted molar refractivity (Wildman–Crippen MR) is 94.2 cm³/mol. The molecule has 22 heavy (non-hydrogen) atoms. The molecule has 1 aromatic rings. The Morgan fingerprint density at radius 2 is 1.73 bits per heavy atom. The third-order valence-corrected chi connectivity index (χ3v) is 4.81. The minimum atomic E-state index is 0. The summed E-state index contributed by atoms with van der Waals surface area (Å²) in [6.07, 6.45) is 5.90. The van der Waals surface area contributed by atoms with Crippen LogP contribution in [0.4, 0.5) is 0 Å². The largest absolute Gasteiger partial charge is 0.497 e. The van der Waals surface area contributed by atoms with Gasteiger partial charge in [0.2, 0.25) is 0 Å². The molecule has 1 aliphatic carbocycles. The number of Topliss-reactive ketones (excluding diaryl/α,β-unsaturated/α-hetero) is 1. The number of benzene rings is 1. The van der Waals surface area contributed by atoms with Crippen molar-refractivity contribution in [1.29, 1.82) is 0 Å². The normalized spacial score (nSPS) is 19.5. The van der Waals surface area contributed by atoms with Crippen molar-refractivity contribution in [2.45, 2.75) is 32.1 Å². The zero-order chi connectivity index (χ0) is 14.7. The van der Waals surface area contributed by atoms with Gasteiger partial charge in [-0.3, -0.25) is 4.79 Å². The molecule has 0 atom stereocenters. The molecule has 1 aliphatic heterocycles. The number of ether oxygens (including phenoxy) is 1. The summed E-state index contributed by atoms with van der Waals surface area (Å²) in [7, 11) is 1.65. The summed E-state index contributed by atoms with van der Waals surface area (Å²) in [4.78, 5) is 14.9. The Kier molecular flexibility index (Phi) is 6.45. The van der Waals surface area contributed by atoms with Gasteiger partial charge in [-0.05, 0) is 74.9 Å². The fourth-order valence-electron chi connectivity index (χ4n) is 3.20. The number of methoxy groups -OCH3 is 1. The van der Waals surface area contributed by atoms with Crippen LogP contribution >= 0.6 is 17.0 Å². The summed E-state index contributed by atoms with van der Waals surface area (Å²) in [5.74, 6) is 2.62. The van der Waals surface area contributed by atoms with E-state index in [-0.39, 0.29) is 22.8 Å². The molecule has 0 unspecified atom stereocenters. The van der Waals surface area contributed by atoms with Gasteiger partial charge in [-0.25, -0.2) is 0 Å². The topological polar surface area (TPSA) is 29.5 Å². The van der Waals surface area contributed by atoms with E-state index >= 15 is 0 Å². The van der Waals surface area contributed by atoms with E-state index < -0.39 is 0 Å². The second-order valence-electron chi connectivity index (χ2n) is 6.54. The number of ketones is 1. The first kappa shape index (κ1) is 17.5. The van der Waals surface area contributed by atoms with Gasteiger partial charge in [-0.15, -0.1) is 17.0 Å². The van der Waals surface area contributed by atoms with Crippen LogP contribution in [-0.2, 0) is 0 Å². The lowest BCUT2D eigenvalue weighted by Gasteiger charge is -2.31. The Balaban J connectivity index is 0.00000176. The van der Waals surface area contributed by atoms with E-state index in [2.05, 4.69) is 4.90 Å². The first-order valence-electron chi connectivity index (χ1n) is 8.14. The lowest BCUT2D eigenvalue weighted by Crippen LogP contribution is -2.35. The van der Waals surface area contributed by atoms with Crippen molar-refractivity contribution in [3.05, 3.63) is 29.8 Å². The van der Waals surface area contributed by atoms with E-state index in [1.165, 1.54) is 45.3 Å². The predicted octanol–water partition coefficient (Wildman–Crippen LogP) is 3.97. The minimum Gasteiger partial charge on any atom is -0.497 e. The van der Waals surface area contributed by atoms with Crippen molar-refractivity contribution in [2.75, 3.05) is 26.7 Å². The van der Waals surface area contributed by atoms with Gasteiger partial charge < -0.3 is 9.64 Å². The van der Waals surface area contributed by atoms with Crippen LogP contribution in [-0.4, -0.2) is 37.4 Å². The van der Waals surface area contributed by atoms with E-state index in [0.717, 1.165) is 17.2 Å². The Labute approximate surface area is 143 Å². The average Bonchev–Trinajstić information content (AvgIpc) is 3.33. The highest BCUT2D eigenvalue weighted by Crippen LogP contribution is 2.31. The summed E-state index contributed by atoms with van der Waals surface area (Å²) in [5, 5.41) is 0. The summed E-state index contributed by atoms with van der Waals surface area (Å²) >= 11 is 0. The molecule has 4 heteroatoms. The second-order valence-corrected chi connectivity index (χ2v) is 6.54. The summed E-state index contributed by atoms with van der Waals surface area (Å²) < 4.78 is 5.13. The Bertz CT molecular complexity index is 476. The van der Waals surface area contributed by atoms with Gasteiger partial charge in [0.15, 0.2) is 5.78 Å². The van der Waals surface area contributed by atoms with E-state index in [1.807, 2.05) is 24.3 Å². The third-order valence-electron chi connectivity index (χ3n) is 4.81. The number of nitrogens with zero attached hydrogens (tertiary/aromatic N) is 1. The smallest absolute Gasteiger partial charge is 0.163 e. The first-order chi connectivity index (χ1) is 10.2. The Morgan fingerprint density at radius 3 is 2.27 bits per heavy atom. The number of hydrogen-bond acceptors (Lipinski definition) is 3. The highest BCUT2D eigenvalue weighted by molar-refractivity contribution is 8.93. The van der Waals surface area contributed by atoms with Crippen molar-refractivity contribution in [3.63, 3.8) is 0 Å². The molecule has 2 fully saturated rings. The Hall–Kier alpha value is -0.870. The number of piperidine rings is 1. The monoisotopic (exact) mass is 367 g/mol. The minimum absolute atomic E-state index is 0. The average molecular weight is 368 g/mol. The summed E-state index contributed by atoms with van der Waals surface area (Å²) in [6, 6.07) is 7.49. The quantitative estimate of drug-likeness (QED) is 0.712. The van der Waals surface area contributed by atoms with Crippen molar-refractivity contribution in [3.8, 4) is 5.75 Å². The van der Waals surface area contributed by atoms with Gasteiger partial charge in [-0.1, -0.05) is 0 Å². The fourth-order valence-corrected chi connectivity index (χ4v) is 3.20. The number of carbonyl (C=O) groups excluding carboxylic acids is 1. The number of likely N-dealkylation sites (tertiary alicyclic amines) is 1. The molecule has 0 N–H and O–H groups in total. The van der Waals surface area contributed by atoms with Crippen LogP contribution in [0.5, 0.6) is 5.75 Å². The highest BCUT2D eigenvalue weighted by atomic mass is 79.9. The van der Waals surface area contributed by atoms with Crippen LogP contribution in [0.3, 0.4) is 0 Å². The molecule has 0 spiro atoms. The van der Waals surface area contributed by atoms with Crippen LogP contribution in [0.15, 0.2) is 24.3 Å². The van der Waals surface area contributed by atoms with Gasteiger partial charge in [0.05, 0.1) is 7.11 Å². The summed E-state index contributed by atoms with van der Waals surface area (Å²) in [5.41, 5.74) is 0.816. The van der Waals surface area contributed by atoms with E-state index in [4.69, 9.17) is 4.74 Å². The standard InChI is InChI=1S/C18H25NO2.BrH/c1-21-17-6-4-16(5-7-17)18(20)12-14-8-10-19(11-9-14)13-15-2-3-15;/h4-7,14-15H,2-3,8-13H2,1H3;1H. The van der Waals surface area contributed by atoms with Crippen molar-refractivity contribution in [1.82, 2.24) is 4.90 Å². The Morgan fingerprint density at radius 1 is 1.09 bits per heavy atom. The zero-order valence-corrected chi connectivity index (χ0v) is 15.0. The first-order valence-corrected chi connectivity index (χ1v) is 8.14. The van der Waals surface area contributed by atoms with E-state index in [9.17, 15) is 4.79 Å². The van der Waals surface area contributed by atoms with Crippen molar-refractivity contribution < 1.29 is 9.53 Å². The lowest BCUT2D eigenvalue weighted by molar-refractivity contribution is 0.0926. The maximum atomic E-state index is 12.3. The van der Waals surface area contributed by atoms with Gasteiger partial charge in [-0.2, -0.15) is 0 Å². The number of hydrogen-bond donors (Lipinski definition) is 0. The van der Waals surface area contributed by atoms with Crippen LogP contribution < -0.4 is 4.74 Å². The van der Waals surface area contributed by atoms with Gasteiger partial charge >= 0.3 is 0 Å². The molecule has 1 saturated heterocycles. The highest BCUT2D eigenvalue weighted by Gasteiger charge is 2.27. The molecule has 0 radical (unpaired) electrons. The number of halogens is 1. The van der Waals surface area contributed by atoms with Crippen LogP contribution in [0.1, 0.15) is 42.5 Å². The number of rotatable bonds is 6. The van der Waals surface area contributed by atoms with Crippen LogP contribution in [0.25, 0.3) is 0 Å². The fraction of sp³-hybridized carbons (Fsp3) is 0.611. The van der Waals surface area contributed by atoms with Crippen molar-refractivity contribution >= 4 is 22.8 Å². The van der Waals surface area contributed by atoms with E-state index in [0.29, 0.717) is 12.3 Å². The van der Waals surface area contributed by atoms with Gasteiger partial charge in [0.1, 0.15) is 5.75 Å². The van der Waals surface area contributed by atoms with Crippen molar-refractivity contribution in [2.24, 2.45) is 11.8 Å². The molecule has 122 valence electrons.